The normalized spacial score (nSPS) is 10.9. The van der Waals surface area contributed by atoms with Crippen LogP contribution in [0.2, 0.25) is 0 Å². The van der Waals surface area contributed by atoms with Gasteiger partial charge < -0.3 is 14.7 Å². The van der Waals surface area contributed by atoms with E-state index in [1.807, 2.05) is 56.6 Å². The van der Waals surface area contributed by atoms with Crippen LogP contribution >= 0.6 is 0 Å². The third-order valence-corrected chi connectivity index (χ3v) is 3.36. The van der Waals surface area contributed by atoms with E-state index < -0.39 is 0 Å². The Labute approximate surface area is 127 Å². The van der Waals surface area contributed by atoms with Crippen molar-refractivity contribution < 1.29 is 9.76 Å². The van der Waals surface area contributed by atoms with Crippen LogP contribution < -0.4 is 10.9 Å². The van der Waals surface area contributed by atoms with Crippen LogP contribution in [0.1, 0.15) is 5.56 Å². The molecule has 0 unspecified atom stereocenters. The van der Waals surface area contributed by atoms with Crippen LogP contribution in [0.3, 0.4) is 0 Å². The van der Waals surface area contributed by atoms with Crippen LogP contribution in [0.4, 0.5) is 0 Å². The molecular weight excluding hydrogens is 261 g/mol. The van der Waals surface area contributed by atoms with E-state index in [0.717, 1.165) is 23.0 Å². The quantitative estimate of drug-likeness (QED) is 0.765. The highest BCUT2D eigenvalue weighted by Gasteiger charge is 2.21. The Hall–Kier alpha value is -1.62. The summed E-state index contributed by atoms with van der Waals surface area (Å²) in [5.74, 6) is 0. The van der Waals surface area contributed by atoms with Crippen molar-refractivity contribution in [2.45, 2.75) is 6.61 Å². The predicted octanol–water partition coefficient (Wildman–Crippen LogP) is 0.863. The van der Waals surface area contributed by atoms with Gasteiger partial charge in [0.25, 0.3) is 0 Å². The zero-order valence-electron chi connectivity index (χ0n) is 12.7. The lowest BCUT2D eigenvalue weighted by Crippen LogP contribution is -2.46. The molecule has 0 aliphatic rings. The number of nitrogens with zero attached hydrogens (tertiary/aromatic N) is 1. The van der Waals surface area contributed by atoms with Gasteiger partial charge in [0, 0.05) is 13.2 Å². The van der Waals surface area contributed by atoms with Crippen LogP contribution in [0.5, 0.6) is 0 Å². The van der Waals surface area contributed by atoms with Crippen molar-refractivity contribution in [2.75, 3.05) is 27.2 Å². The summed E-state index contributed by atoms with van der Waals surface area (Å²) in [5.41, 5.74) is 3.11. The van der Waals surface area contributed by atoms with E-state index >= 15 is 0 Å². The first-order chi connectivity index (χ1) is 10.2. The second-order valence-corrected chi connectivity index (χ2v) is 5.37. The molecule has 3 nitrogen and oxygen atoms in total. The topological polar surface area (TPSA) is 32.7 Å². The van der Waals surface area contributed by atoms with Crippen molar-refractivity contribution in [1.29, 1.82) is 0 Å². The van der Waals surface area contributed by atoms with Gasteiger partial charge >= 0.3 is 6.92 Å². The van der Waals surface area contributed by atoms with E-state index in [1.54, 1.807) is 0 Å². The Bertz CT molecular complexity index is 545. The minimum atomic E-state index is -0.0994. The molecule has 0 radical (unpaired) electrons. The fourth-order valence-electron chi connectivity index (χ4n) is 2.22. The monoisotopic (exact) mass is 283 g/mol. The maximum absolute atomic E-state index is 9.32. The largest absolute Gasteiger partial charge is 0.426 e. The van der Waals surface area contributed by atoms with Crippen molar-refractivity contribution in [3.63, 3.8) is 0 Å². The highest BCUT2D eigenvalue weighted by Crippen LogP contribution is 2.00. The number of hydrogen-bond acceptors (Lipinski definition) is 3. The number of benzene rings is 2. The molecular formula is C17H22BNO2. The molecule has 2 rings (SSSR count). The maximum atomic E-state index is 9.32. The first-order valence-corrected chi connectivity index (χ1v) is 7.21. The molecule has 4 heteroatoms. The van der Waals surface area contributed by atoms with Crippen molar-refractivity contribution in [2.24, 2.45) is 0 Å². The van der Waals surface area contributed by atoms with Crippen LogP contribution in [0.15, 0.2) is 54.6 Å². The van der Waals surface area contributed by atoms with Crippen LogP contribution in [-0.4, -0.2) is 44.2 Å². The summed E-state index contributed by atoms with van der Waals surface area (Å²) in [7, 11) is 4.07. The Morgan fingerprint density at radius 3 is 2.38 bits per heavy atom. The van der Waals surface area contributed by atoms with Crippen molar-refractivity contribution in [3.05, 3.63) is 60.2 Å². The molecule has 0 heterocycles. The minimum Gasteiger partial charge on any atom is -0.426 e. The van der Waals surface area contributed by atoms with Crippen molar-refractivity contribution >= 4 is 17.8 Å². The molecule has 0 fully saturated rings. The smallest absolute Gasteiger partial charge is 0.361 e. The van der Waals surface area contributed by atoms with Gasteiger partial charge in [0.1, 0.15) is 0 Å². The molecule has 110 valence electrons. The Morgan fingerprint density at radius 1 is 1.00 bits per heavy atom. The first-order valence-electron chi connectivity index (χ1n) is 7.21. The highest BCUT2D eigenvalue weighted by atomic mass is 16.4. The first kappa shape index (κ1) is 15.8. The number of rotatable bonds is 7. The SMILES string of the molecule is CN(C)CCOB(c1ccccc1)c1cccc(CO)c1. The molecule has 0 aliphatic heterocycles. The van der Waals surface area contributed by atoms with Gasteiger partial charge in [-0.1, -0.05) is 54.6 Å². The minimum absolute atomic E-state index is 0.0487. The number of hydrogen-bond donors (Lipinski definition) is 1. The van der Waals surface area contributed by atoms with E-state index in [4.69, 9.17) is 4.65 Å². The van der Waals surface area contributed by atoms with Gasteiger partial charge in [-0.05, 0) is 30.6 Å². The fourth-order valence-corrected chi connectivity index (χ4v) is 2.22. The van der Waals surface area contributed by atoms with Gasteiger partial charge in [0.05, 0.1) is 6.61 Å². The predicted molar refractivity (Wildman–Crippen MR) is 88.3 cm³/mol. The average Bonchev–Trinajstić information content (AvgIpc) is 2.52. The second-order valence-electron chi connectivity index (χ2n) is 5.37. The lowest BCUT2D eigenvalue weighted by atomic mass is 9.55. The molecule has 2 aromatic rings. The third-order valence-electron chi connectivity index (χ3n) is 3.36. The molecule has 0 aromatic heterocycles. The molecule has 0 bridgehead atoms. The summed E-state index contributed by atoms with van der Waals surface area (Å²) in [4.78, 5) is 2.10. The molecule has 0 amide bonds. The second kappa shape index (κ2) is 7.98. The molecule has 0 atom stereocenters. The fraction of sp³-hybridized carbons (Fsp3) is 0.294. The Kier molecular flexibility index (Phi) is 5.99. The summed E-state index contributed by atoms with van der Waals surface area (Å²) < 4.78 is 6.10. The standard InChI is InChI=1S/C17H22BNO2/c1-19(2)11-12-21-18(16-8-4-3-5-9-16)17-10-6-7-15(13-17)14-20/h3-10,13,20H,11-12,14H2,1-2H3. The number of likely N-dealkylation sites (N-methyl/N-ethyl adjacent to an activating group) is 1. The zero-order chi connectivity index (χ0) is 15.1. The van der Waals surface area contributed by atoms with E-state index in [9.17, 15) is 5.11 Å². The van der Waals surface area contributed by atoms with Gasteiger partial charge in [-0.25, -0.2) is 0 Å². The lowest BCUT2D eigenvalue weighted by Gasteiger charge is -2.18. The van der Waals surface area contributed by atoms with Crippen molar-refractivity contribution in [1.82, 2.24) is 4.90 Å². The van der Waals surface area contributed by atoms with Gasteiger partial charge in [-0.3, -0.25) is 0 Å². The third kappa shape index (κ3) is 4.71. The summed E-state index contributed by atoms with van der Waals surface area (Å²) >= 11 is 0. The molecule has 1 N–H and O–H groups in total. The Balaban J connectivity index is 2.22. The number of aliphatic hydroxyl groups excluding tert-OH is 1. The van der Waals surface area contributed by atoms with E-state index in [1.165, 1.54) is 0 Å². The highest BCUT2D eigenvalue weighted by molar-refractivity contribution is 6.80. The number of aliphatic hydroxyl groups is 1. The summed E-state index contributed by atoms with van der Waals surface area (Å²) in [6, 6.07) is 18.1. The molecule has 0 saturated heterocycles. The summed E-state index contributed by atoms with van der Waals surface area (Å²) in [6.45, 7) is 1.49. The summed E-state index contributed by atoms with van der Waals surface area (Å²) in [6.07, 6.45) is 0. The molecule has 0 spiro atoms. The van der Waals surface area contributed by atoms with E-state index in [0.29, 0.717) is 6.61 Å². The molecule has 0 aliphatic carbocycles. The van der Waals surface area contributed by atoms with Gasteiger partial charge in [-0.15, -0.1) is 0 Å². The van der Waals surface area contributed by atoms with Crippen molar-refractivity contribution in [3.8, 4) is 0 Å². The maximum Gasteiger partial charge on any atom is 0.361 e. The summed E-state index contributed by atoms with van der Waals surface area (Å²) in [5, 5.41) is 9.32. The van der Waals surface area contributed by atoms with Crippen LogP contribution in [-0.2, 0) is 11.3 Å². The van der Waals surface area contributed by atoms with E-state index in [2.05, 4.69) is 17.0 Å². The lowest BCUT2D eigenvalue weighted by molar-refractivity contribution is 0.269. The Morgan fingerprint density at radius 2 is 1.71 bits per heavy atom. The van der Waals surface area contributed by atoms with Crippen LogP contribution in [0.25, 0.3) is 0 Å². The van der Waals surface area contributed by atoms with Gasteiger partial charge in [0.2, 0.25) is 0 Å². The van der Waals surface area contributed by atoms with E-state index in [-0.39, 0.29) is 13.5 Å². The average molecular weight is 283 g/mol. The van der Waals surface area contributed by atoms with Crippen LogP contribution in [0, 0.1) is 0 Å². The van der Waals surface area contributed by atoms with Gasteiger partial charge in [0.15, 0.2) is 0 Å². The van der Waals surface area contributed by atoms with Gasteiger partial charge in [-0.2, -0.15) is 0 Å². The molecule has 2 aromatic carbocycles. The molecule has 0 saturated carbocycles. The zero-order valence-corrected chi connectivity index (χ0v) is 12.7. The molecule has 21 heavy (non-hydrogen) atoms.